The van der Waals surface area contributed by atoms with Crippen LogP contribution in [0.3, 0.4) is 0 Å². The summed E-state index contributed by atoms with van der Waals surface area (Å²) in [5.74, 6) is -0.821. The number of rotatable bonds is 15. The van der Waals surface area contributed by atoms with Gasteiger partial charge in [-0.1, -0.05) is 35.3 Å². The monoisotopic (exact) mass is 609 g/mol. The quantitative estimate of drug-likeness (QED) is 0.0782. The molecule has 0 saturated carbocycles. The fourth-order valence-corrected chi connectivity index (χ4v) is 6.25. The summed E-state index contributed by atoms with van der Waals surface area (Å²) in [6.07, 6.45) is 0.279. The molecule has 12 nitrogen and oxygen atoms in total. The number of aromatic nitrogens is 3. The van der Waals surface area contributed by atoms with E-state index in [4.69, 9.17) is 0 Å². The van der Waals surface area contributed by atoms with E-state index in [1.165, 1.54) is 0 Å². The molecule has 0 atom stereocenters. The normalized spacial score (nSPS) is 11.7. The van der Waals surface area contributed by atoms with Gasteiger partial charge in [-0.2, -0.15) is 15.0 Å². The van der Waals surface area contributed by atoms with Crippen LogP contribution in [0.1, 0.15) is 19.3 Å². The molecule has 0 aliphatic heterocycles. The third kappa shape index (κ3) is 24.9. The van der Waals surface area contributed by atoms with Crippen LogP contribution in [0.4, 0.5) is 0 Å². The molecular weight excluding hydrogens is 592 g/mol. The van der Waals surface area contributed by atoms with E-state index in [0.29, 0.717) is 0 Å². The van der Waals surface area contributed by atoms with Gasteiger partial charge < -0.3 is 13.7 Å². The SMILES string of the molecule is O=S(=O)([O-])CCCSc1nc(SCCCS(=O)(=O)[O-])nc(SCCCS(=O)(=O)[O-])n1.[Na+].[Na+].[Na+]. The number of hydrogen-bond donors (Lipinski definition) is 0. The second-order valence-electron chi connectivity index (χ2n) is 5.57. The summed E-state index contributed by atoms with van der Waals surface area (Å²) in [4.78, 5) is 12.5. The van der Waals surface area contributed by atoms with Gasteiger partial charge >= 0.3 is 88.7 Å². The van der Waals surface area contributed by atoms with Crippen molar-refractivity contribution in [2.24, 2.45) is 0 Å². The van der Waals surface area contributed by atoms with Gasteiger partial charge in [-0.15, -0.1) is 0 Å². The third-order valence-corrected chi connectivity index (χ3v) is 8.05. The summed E-state index contributed by atoms with van der Waals surface area (Å²) in [5, 5.41) is 0.726. The van der Waals surface area contributed by atoms with Crippen molar-refractivity contribution in [3.05, 3.63) is 0 Å². The van der Waals surface area contributed by atoms with E-state index >= 15 is 0 Å². The van der Waals surface area contributed by atoms with Crippen molar-refractivity contribution in [1.29, 1.82) is 0 Å². The summed E-state index contributed by atoms with van der Waals surface area (Å²) in [6.45, 7) is 0. The predicted molar refractivity (Wildman–Crippen MR) is 110 cm³/mol. The summed E-state index contributed by atoms with van der Waals surface area (Å²) in [5.41, 5.74) is 0. The van der Waals surface area contributed by atoms with E-state index in [2.05, 4.69) is 15.0 Å². The molecule has 0 radical (unpaired) electrons. The summed E-state index contributed by atoms with van der Waals surface area (Å²) in [6, 6.07) is 0. The zero-order valence-electron chi connectivity index (χ0n) is 18.3. The van der Waals surface area contributed by atoms with Crippen LogP contribution in [0.15, 0.2) is 15.5 Å². The first-order valence-corrected chi connectivity index (χ1v) is 15.9. The molecule has 0 aromatic carbocycles. The number of nitrogens with zero attached hydrogens (tertiary/aromatic N) is 3. The van der Waals surface area contributed by atoms with Crippen LogP contribution >= 0.6 is 35.3 Å². The molecule has 0 spiro atoms. The van der Waals surface area contributed by atoms with E-state index < -0.39 is 47.6 Å². The van der Waals surface area contributed by atoms with Gasteiger partial charge in [-0.05, 0) is 19.3 Å². The molecular formula is C12H18N3Na3O9S6. The number of hydrogen-bond acceptors (Lipinski definition) is 15. The average Bonchev–Trinajstić information content (AvgIpc) is 2.57. The van der Waals surface area contributed by atoms with E-state index in [-0.39, 0.29) is 141 Å². The minimum atomic E-state index is -4.32. The minimum Gasteiger partial charge on any atom is -0.748 e. The van der Waals surface area contributed by atoms with Crippen molar-refractivity contribution in [3.8, 4) is 0 Å². The van der Waals surface area contributed by atoms with Crippen LogP contribution < -0.4 is 88.7 Å². The molecule has 0 aliphatic carbocycles. The van der Waals surface area contributed by atoms with Gasteiger partial charge in [-0.25, -0.2) is 25.3 Å². The van der Waals surface area contributed by atoms with Crippen molar-refractivity contribution in [1.82, 2.24) is 15.0 Å². The molecule has 33 heavy (non-hydrogen) atoms. The van der Waals surface area contributed by atoms with Crippen molar-refractivity contribution in [3.63, 3.8) is 0 Å². The molecule has 0 aliphatic rings. The van der Waals surface area contributed by atoms with Crippen molar-refractivity contribution in [2.45, 2.75) is 34.7 Å². The predicted octanol–water partition coefficient (Wildman–Crippen LogP) is -9.03. The fraction of sp³-hybridized carbons (Fsp3) is 0.750. The first kappa shape index (κ1) is 40.3. The molecule has 1 rings (SSSR count). The summed E-state index contributed by atoms with van der Waals surface area (Å²) in [7, 11) is -13.0. The first-order valence-electron chi connectivity index (χ1n) is 8.19. The molecule has 1 aromatic heterocycles. The maximum absolute atomic E-state index is 10.6. The maximum atomic E-state index is 10.6. The van der Waals surface area contributed by atoms with Gasteiger partial charge in [0.2, 0.25) is 0 Å². The second kappa shape index (κ2) is 19.8. The Bertz CT molecular complexity index is 872. The Balaban J connectivity index is -0.00000300. The third-order valence-electron chi connectivity index (χ3n) is 2.88. The van der Waals surface area contributed by atoms with Crippen LogP contribution in [0, 0.1) is 0 Å². The van der Waals surface area contributed by atoms with E-state index in [1.54, 1.807) is 0 Å². The number of thioether (sulfide) groups is 3. The molecule has 1 aromatic rings. The van der Waals surface area contributed by atoms with E-state index in [9.17, 15) is 38.9 Å². The minimum absolute atomic E-state index is 0. The smallest absolute Gasteiger partial charge is 0.748 e. The molecule has 1 heterocycles. The van der Waals surface area contributed by atoms with Crippen LogP contribution in [-0.2, 0) is 30.4 Å². The summed E-state index contributed by atoms with van der Waals surface area (Å²) >= 11 is 3.28. The fourth-order valence-electron chi connectivity index (χ4n) is 1.71. The van der Waals surface area contributed by atoms with E-state index in [0.717, 1.165) is 35.3 Å². The molecule has 0 fully saturated rings. The Morgan fingerprint density at radius 3 is 0.909 bits per heavy atom. The Labute approximate surface area is 273 Å². The zero-order valence-corrected chi connectivity index (χ0v) is 29.2. The Morgan fingerprint density at radius 2 is 0.727 bits per heavy atom. The molecule has 174 valence electrons. The Hall–Kier alpha value is 2.79. The van der Waals surface area contributed by atoms with Crippen LogP contribution in [0.2, 0.25) is 0 Å². The first-order chi connectivity index (χ1) is 13.7. The molecule has 0 bridgehead atoms. The van der Waals surface area contributed by atoms with Gasteiger partial charge in [0, 0.05) is 34.5 Å². The van der Waals surface area contributed by atoms with Gasteiger partial charge in [0.05, 0.1) is 30.4 Å². The van der Waals surface area contributed by atoms with Gasteiger partial charge in [0.25, 0.3) is 0 Å². The van der Waals surface area contributed by atoms with Crippen LogP contribution in [-0.4, -0.2) is 88.4 Å². The van der Waals surface area contributed by atoms with Crippen LogP contribution in [0.25, 0.3) is 0 Å². The summed E-state index contributed by atoms with van der Waals surface area (Å²) < 4.78 is 95.8. The van der Waals surface area contributed by atoms with Gasteiger partial charge in [0.1, 0.15) is 0 Å². The Kier molecular flexibility index (Phi) is 24.2. The molecule has 0 N–H and O–H groups in total. The second-order valence-corrected chi connectivity index (χ2v) is 13.3. The molecule has 0 saturated heterocycles. The zero-order chi connectivity index (χ0) is 22.8. The Morgan fingerprint density at radius 1 is 0.515 bits per heavy atom. The van der Waals surface area contributed by atoms with Crippen LogP contribution in [0.5, 0.6) is 0 Å². The van der Waals surface area contributed by atoms with Gasteiger partial charge in [0.15, 0.2) is 15.5 Å². The maximum Gasteiger partial charge on any atom is 1.00 e. The van der Waals surface area contributed by atoms with Crippen molar-refractivity contribution < 1.29 is 128 Å². The standard InChI is InChI=1S/C12H21N3O9S6.3Na/c16-28(17,18)7-1-4-25-10-13-11(26-5-2-8-29(19,20)21)15-12(14-10)27-6-3-9-30(22,23)24;;;/h1-9H2,(H,16,17,18)(H,19,20,21)(H,22,23,24);;;/q;3*+1/p-3. The average molecular weight is 610 g/mol. The van der Waals surface area contributed by atoms with Gasteiger partial charge in [-0.3, -0.25) is 0 Å². The molecule has 21 heteroatoms. The largest absolute Gasteiger partial charge is 1.00 e. The van der Waals surface area contributed by atoms with Crippen molar-refractivity contribution >= 4 is 65.6 Å². The van der Waals surface area contributed by atoms with E-state index in [1.807, 2.05) is 0 Å². The topological polar surface area (TPSA) is 210 Å². The molecule has 0 amide bonds. The molecule has 0 unspecified atom stereocenters. The van der Waals surface area contributed by atoms with Crippen molar-refractivity contribution in [2.75, 3.05) is 34.5 Å².